The molecule has 0 bridgehead atoms. The standard InChI is InChI=1S/C10H8BrFN2OS/c11-9-8(5-13)16-10(14-9)15-7-3-1-6(12)2-4-7/h1-4H,5,13H2. The van der Waals surface area contributed by atoms with Gasteiger partial charge in [-0.15, -0.1) is 0 Å². The minimum atomic E-state index is -0.296. The van der Waals surface area contributed by atoms with Gasteiger partial charge in [0.1, 0.15) is 16.2 Å². The second-order valence-corrected chi connectivity index (χ2v) is 4.75. The molecule has 0 fully saturated rings. The Labute approximate surface area is 104 Å². The van der Waals surface area contributed by atoms with Gasteiger partial charge in [-0.3, -0.25) is 0 Å². The molecule has 0 aliphatic carbocycles. The summed E-state index contributed by atoms with van der Waals surface area (Å²) in [6.45, 7) is 0.408. The van der Waals surface area contributed by atoms with Gasteiger partial charge in [-0.05, 0) is 40.2 Å². The summed E-state index contributed by atoms with van der Waals surface area (Å²) in [5, 5.41) is 0.485. The largest absolute Gasteiger partial charge is 0.431 e. The number of aromatic nitrogens is 1. The predicted molar refractivity (Wildman–Crippen MR) is 64.2 cm³/mol. The van der Waals surface area contributed by atoms with Crippen molar-refractivity contribution < 1.29 is 9.13 Å². The highest BCUT2D eigenvalue weighted by Crippen LogP contribution is 2.31. The molecular weight excluding hydrogens is 295 g/mol. The van der Waals surface area contributed by atoms with E-state index in [0.29, 0.717) is 22.1 Å². The zero-order valence-electron chi connectivity index (χ0n) is 8.11. The van der Waals surface area contributed by atoms with Crippen molar-refractivity contribution >= 4 is 27.3 Å². The first-order chi connectivity index (χ1) is 7.69. The number of nitrogens with two attached hydrogens (primary N) is 1. The molecule has 0 amide bonds. The third kappa shape index (κ3) is 2.58. The summed E-state index contributed by atoms with van der Waals surface area (Å²) in [4.78, 5) is 5.05. The van der Waals surface area contributed by atoms with Gasteiger partial charge in [-0.25, -0.2) is 4.39 Å². The van der Waals surface area contributed by atoms with Crippen LogP contribution in [0.1, 0.15) is 4.88 Å². The molecule has 0 saturated carbocycles. The van der Waals surface area contributed by atoms with E-state index < -0.39 is 0 Å². The summed E-state index contributed by atoms with van der Waals surface area (Å²) < 4.78 is 18.8. The third-order valence-corrected chi connectivity index (χ3v) is 3.71. The van der Waals surface area contributed by atoms with Gasteiger partial charge in [0.2, 0.25) is 0 Å². The highest BCUT2D eigenvalue weighted by molar-refractivity contribution is 9.10. The van der Waals surface area contributed by atoms with Gasteiger partial charge in [-0.1, -0.05) is 11.3 Å². The first-order valence-corrected chi connectivity index (χ1v) is 6.08. The Hall–Kier alpha value is -0.980. The Morgan fingerprint density at radius 3 is 2.62 bits per heavy atom. The van der Waals surface area contributed by atoms with E-state index in [-0.39, 0.29) is 5.82 Å². The lowest BCUT2D eigenvalue weighted by atomic mass is 10.3. The molecule has 6 heteroatoms. The molecule has 2 aromatic rings. The molecule has 0 radical (unpaired) electrons. The van der Waals surface area contributed by atoms with E-state index in [1.807, 2.05) is 0 Å². The van der Waals surface area contributed by atoms with Crippen LogP contribution < -0.4 is 10.5 Å². The van der Waals surface area contributed by atoms with Crippen molar-refractivity contribution in [3.8, 4) is 10.9 Å². The van der Waals surface area contributed by atoms with Crippen LogP contribution in [-0.4, -0.2) is 4.98 Å². The number of nitrogens with zero attached hydrogens (tertiary/aromatic N) is 1. The van der Waals surface area contributed by atoms with E-state index in [4.69, 9.17) is 10.5 Å². The molecule has 2 N–H and O–H groups in total. The minimum Gasteiger partial charge on any atom is -0.431 e. The lowest BCUT2D eigenvalue weighted by Crippen LogP contribution is -1.92. The van der Waals surface area contributed by atoms with Crippen LogP contribution >= 0.6 is 27.3 Å². The highest BCUT2D eigenvalue weighted by atomic mass is 79.9. The van der Waals surface area contributed by atoms with Crippen molar-refractivity contribution in [3.05, 3.63) is 39.6 Å². The normalized spacial score (nSPS) is 10.4. The first kappa shape index (κ1) is 11.5. The second kappa shape index (κ2) is 4.90. The number of halogens is 2. The molecule has 0 saturated heterocycles. The SMILES string of the molecule is NCc1sc(Oc2ccc(F)cc2)nc1Br. The lowest BCUT2D eigenvalue weighted by molar-refractivity contribution is 0.476. The highest BCUT2D eigenvalue weighted by Gasteiger charge is 2.09. The average molecular weight is 303 g/mol. The first-order valence-electron chi connectivity index (χ1n) is 4.47. The smallest absolute Gasteiger partial charge is 0.280 e. The number of hydrogen-bond acceptors (Lipinski definition) is 4. The molecule has 1 aromatic carbocycles. The van der Waals surface area contributed by atoms with Crippen LogP contribution in [0.15, 0.2) is 28.9 Å². The van der Waals surface area contributed by atoms with Crippen molar-refractivity contribution in [1.29, 1.82) is 0 Å². The van der Waals surface area contributed by atoms with Crippen LogP contribution in [-0.2, 0) is 6.54 Å². The zero-order valence-corrected chi connectivity index (χ0v) is 10.5. The molecule has 1 heterocycles. The van der Waals surface area contributed by atoms with Gasteiger partial charge >= 0.3 is 0 Å². The number of thiazole rings is 1. The molecule has 16 heavy (non-hydrogen) atoms. The van der Waals surface area contributed by atoms with Crippen molar-refractivity contribution in [2.45, 2.75) is 6.54 Å². The van der Waals surface area contributed by atoms with Crippen molar-refractivity contribution in [2.24, 2.45) is 5.73 Å². The summed E-state index contributed by atoms with van der Waals surface area (Å²) >= 11 is 4.64. The van der Waals surface area contributed by atoms with Gasteiger partial charge in [0, 0.05) is 6.54 Å². The maximum absolute atomic E-state index is 12.7. The molecule has 0 unspecified atom stereocenters. The van der Waals surface area contributed by atoms with E-state index in [1.165, 1.54) is 23.5 Å². The monoisotopic (exact) mass is 302 g/mol. The molecule has 0 aliphatic heterocycles. The summed E-state index contributed by atoms with van der Waals surface area (Å²) in [5.74, 6) is 0.251. The molecule has 0 atom stereocenters. The molecule has 0 aliphatic rings. The van der Waals surface area contributed by atoms with Crippen LogP contribution in [0.2, 0.25) is 0 Å². The quantitative estimate of drug-likeness (QED) is 0.946. The lowest BCUT2D eigenvalue weighted by Gasteiger charge is -1.99. The van der Waals surface area contributed by atoms with Gasteiger partial charge in [-0.2, -0.15) is 4.98 Å². The Bertz CT molecular complexity index is 486. The fraction of sp³-hybridized carbons (Fsp3) is 0.100. The van der Waals surface area contributed by atoms with Crippen LogP contribution in [0.25, 0.3) is 0 Å². The van der Waals surface area contributed by atoms with E-state index in [1.54, 1.807) is 12.1 Å². The van der Waals surface area contributed by atoms with Gasteiger partial charge in [0.15, 0.2) is 0 Å². The fourth-order valence-corrected chi connectivity index (χ4v) is 2.47. The topological polar surface area (TPSA) is 48.1 Å². The summed E-state index contributed by atoms with van der Waals surface area (Å²) in [5.41, 5.74) is 5.51. The number of ether oxygens (including phenoxy) is 1. The summed E-state index contributed by atoms with van der Waals surface area (Å²) in [6, 6.07) is 5.77. The maximum Gasteiger partial charge on any atom is 0.280 e. The fourth-order valence-electron chi connectivity index (χ4n) is 1.09. The van der Waals surface area contributed by atoms with Gasteiger partial charge < -0.3 is 10.5 Å². The van der Waals surface area contributed by atoms with Crippen LogP contribution in [0.4, 0.5) is 4.39 Å². The molecule has 2 rings (SSSR count). The average Bonchev–Trinajstić information content (AvgIpc) is 2.62. The Morgan fingerprint density at radius 1 is 1.38 bits per heavy atom. The van der Waals surface area contributed by atoms with Crippen molar-refractivity contribution in [3.63, 3.8) is 0 Å². The summed E-state index contributed by atoms with van der Waals surface area (Å²) in [6.07, 6.45) is 0. The Morgan fingerprint density at radius 2 is 2.06 bits per heavy atom. The maximum atomic E-state index is 12.7. The van der Waals surface area contributed by atoms with Gasteiger partial charge in [0.25, 0.3) is 5.19 Å². The van der Waals surface area contributed by atoms with E-state index in [0.717, 1.165) is 4.88 Å². The minimum absolute atomic E-state index is 0.296. The van der Waals surface area contributed by atoms with Crippen molar-refractivity contribution in [2.75, 3.05) is 0 Å². The van der Waals surface area contributed by atoms with Gasteiger partial charge in [0.05, 0.1) is 4.88 Å². The third-order valence-electron chi connectivity index (χ3n) is 1.83. The second-order valence-electron chi connectivity index (χ2n) is 2.95. The Kier molecular flexibility index (Phi) is 3.52. The van der Waals surface area contributed by atoms with Crippen LogP contribution in [0, 0.1) is 5.82 Å². The molecular formula is C10H8BrFN2OS. The summed E-state index contributed by atoms with van der Waals surface area (Å²) in [7, 11) is 0. The number of rotatable bonds is 3. The molecule has 0 spiro atoms. The van der Waals surface area contributed by atoms with E-state index in [9.17, 15) is 4.39 Å². The number of benzene rings is 1. The van der Waals surface area contributed by atoms with E-state index >= 15 is 0 Å². The predicted octanol–water partition coefficient (Wildman–Crippen LogP) is 3.30. The van der Waals surface area contributed by atoms with E-state index in [2.05, 4.69) is 20.9 Å². The molecule has 3 nitrogen and oxygen atoms in total. The van der Waals surface area contributed by atoms with Crippen LogP contribution in [0.3, 0.4) is 0 Å². The Balaban J connectivity index is 2.17. The molecule has 84 valence electrons. The van der Waals surface area contributed by atoms with Crippen molar-refractivity contribution in [1.82, 2.24) is 4.98 Å². The number of hydrogen-bond donors (Lipinski definition) is 1. The zero-order chi connectivity index (χ0) is 11.5. The molecule has 1 aromatic heterocycles. The van der Waals surface area contributed by atoms with Crippen LogP contribution in [0.5, 0.6) is 10.9 Å².